The van der Waals surface area contributed by atoms with Gasteiger partial charge in [-0.15, -0.1) is 0 Å². The maximum Gasteiger partial charge on any atom is 0.324 e. The minimum absolute atomic E-state index is 0.0551. The Bertz CT molecular complexity index is 1140. The number of hydrogen-bond donors (Lipinski definition) is 3. The third-order valence-corrected chi connectivity index (χ3v) is 8.03. The van der Waals surface area contributed by atoms with E-state index in [1.807, 2.05) is 0 Å². The lowest BCUT2D eigenvalue weighted by Gasteiger charge is -2.42. The van der Waals surface area contributed by atoms with Gasteiger partial charge in [0.05, 0.1) is 0 Å². The zero-order chi connectivity index (χ0) is 24.3. The van der Waals surface area contributed by atoms with Gasteiger partial charge in [0.1, 0.15) is 5.84 Å². The standard InChI is InChI=1S/C22H29N7O4S/c23-20(24)18-3-1-4-19(11-18)29-14-17(15-30)13-27(22(29)31)12-16-5-9-28(10-6-16)34(32,33)21-25-7-2-8-26-21/h1-4,7-8,11,16-17,30H,5-6,9-10,12-15H2,(H3,23,24). The third kappa shape index (κ3) is 5.03. The summed E-state index contributed by atoms with van der Waals surface area (Å²) in [6.45, 7) is 1.91. The average Bonchev–Trinajstić information content (AvgIpc) is 2.86. The first-order valence-electron chi connectivity index (χ1n) is 11.2. The van der Waals surface area contributed by atoms with Crippen LogP contribution >= 0.6 is 0 Å². The van der Waals surface area contributed by atoms with E-state index in [9.17, 15) is 18.3 Å². The van der Waals surface area contributed by atoms with E-state index >= 15 is 0 Å². The Kier molecular flexibility index (Phi) is 7.10. The fourth-order valence-electron chi connectivity index (χ4n) is 4.46. The monoisotopic (exact) mass is 487 g/mol. The fourth-order valence-corrected chi connectivity index (χ4v) is 5.77. The molecule has 0 spiro atoms. The summed E-state index contributed by atoms with van der Waals surface area (Å²) in [5.74, 6) is -0.0613. The van der Waals surface area contributed by atoms with E-state index in [4.69, 9.17) is 11.1 Å². The molecule has 12 heteroatoms. The number of aliphatic hydroxyl groups is 1. The van der Waals surface area contributed by atoms with E-state index in [0.717, 1.165) is 0 Å². The average molecular weight is 488 g/mol. The number of sulfonamides is 1. The molecule has 2 saturated heterocycles. The smallest absolute Gasteiger partial charge is 0.324 e. The van der Waals surface area contributed by atoms with Gasteiger partial charge in [-0.05, 0) is 37.0 Å². The van der Waals surface area contributed by atoms with Crippen molar-refractivity contribution in [3.8, 4) is 0 Å². The number of amidine groups is 1. The number of rotatable bonds is 7. The van der Waals surface area contributed by atoms with Crippen molar-refractivity contribution in [2.75, 3.05) is 44.2 Å². The van der Waals surface area contributed by atoms with Crippen LogP contribution in [-0.4, -0.2) is 83.9 Å². The van der Waals surface area contributed by atoms with Crippen LogP contribution in [0.5, 0.6) is 0 Å². The molecular weight excluding hydrogens is 458 g/mol. The molecule has 1 unspecified atom stereocenters. The number of anilines is 1. The van der Waals surface area contributed by atoms with Gasteiger partial charge in [-0.1, -0.05) is 12.1 Å². The molecule has 4 rings (SSSR count). The summed E-state index contributed by atoms with van der Waals surface area (Å²) in [7, 11) is -3.74. The van der Waals surface area contributed by atoms with Crippen LogP contribution in [0.25, 0.3) is 0 Å². The number of nitrogens with zero attached hydrogens (tertiary/aromatic N) is 5. The van der Waals surface area contributed by atoms with Gasteiger partial charge in [0, 0.05) is 68.9 Å². The van der Waals surface area contributed by atoms with E-state index in [-0.39, 0.29) is 35.5 Å². The van der Waals surface area contributed by atoms with Crippen LogP contribution in [0.4, 0.5) is 10.5 Å². The van der Waals surface area contributed by atoms with Crippen LogP contribution < -0.4 is 10.6 Å². The van der Waals surface area contributed by atoms with E-state index in [1.165, 1.54) is 16.7 Å². The normalized spacial score (nSPS) is 20.5. The predicted octanol–water partition coefficient (Wildman–Crippen LogP) is 0.712. The van der Waals surface area contributed by atoms with Crippen molar-refractivity contribution < 1.29 is 18.3 Å². The van der Waals surface area contributed by atoms with Crippen LogP contribution in [0.15, 0.2) is 47.9 Å². The number of nitrogen functional groups attached to an aromatic ring is 1. The Balaban J connectivity index is 1.43. The van der Waals surface area contributed by atoms with Crippen LogP contribution in [0.2, 0.25) is 0 Å². The van der Waals surface area contributed by atoms with Crippen molar-refractivity contribution >= 4 is 27.6 Å². The highest BCUT2D eigenvalue weighted by molar-refractivity contribution is 7.88. The number of aliphatic hydroxyl groups excluding tert-OH is 1. The molecule has 2 fully saturated rings. The fraction of sp³-hybridized carbons (Fsp3) is 0.455. The summed E-state index contributed by atoms with van der Waals surface area (Å²) in [5.41, 5.74) is 6.76. The van der Waals surface area contributed by atoms with Crippen LogP contribution in [-0.2, 0) is 10.0 Å². The lowest BCUT2D eigenvalue weighted by molar-refractivity contribution is 0.128. The molecule has 1 atom stereocenters. The highest BCUT2D eigenvalue weighted by Gasteiger charge is 2.36. The number of nitrogens with two attached hydrogens (primary N) is 1. The minimum atomic E-state index is -3.74. The number of carbonyl (C=O) groups excluding carboxylic acids is 1. The van der Waals surface area contributed by atoms with Crippen LogP contribution in [0.1, 0.15) is 18.4 Å². The van der Waals surface area contributed by atoms with E-state index in [1.54, 1.807) is 40.1 Å². The Labute approximate surface area is 198 Å². The lowest BCUT2D eigenvalue weighted by atomic mass is 9.96. The van der Waals surface area contributed by atoms with Crippen LogP contribution in [0.3, 0.4) is 0 Å². The van der Waals surface area contributed by atoms with Gasteiger partial charge in [0.2, 0.25) is 0 Å². The Hall–Kier alpha value is -3.09. The first-order valence-corrected chi connectivity index (χ1v) is 12.6. The highest BCUT2D eigenvalue weighted by Crippen LogP contribution is 2.27. The molecule has 2 aliphatic heterocycles. The number of aromatic nitrogens is 2. The minimum Gasteiger partial charge on any atom is -0.396 e. The summed E-state index contributed by atoms with van der Waals surface area (Å²) in [6.07, 6.45) is 4.03. The largest absolute Gasteiger partial charge is 0.396 e. The van der Waals surface area contributed by atoms with Crippen molar-refractivity contribution in [3.05, 3.63) is 48.3 Å². The lowest BCUT2D eigenvalue weighted by Crippen LogP contribution is -2.56. The van der Waals surface area contributed by atoms with Gasteiger partial charge in [-0.3, -0.25) is 10.3 Å². The maximum absolute atomic E-state index is 13.3. The molecule has 1 aromatic carbocycles. The molecule has 1 aromatic heterocycles. The van der Waals surface area contributed by atoms with Crippen molar-refractivity contribution in [2.45, 2.75) is 18.0 Å². The van der Waals surface area contributed by atoms with E-state index in [0.29, 0.717) is 56.8 Å². The number of hydrogen-bond acceptors (Lipinski definition) is 7. The number of nitrogens with one attached hydrogen (secondary N) is 1. The van der Waals surface area contributed by atoms with Gasteiger partial charge in [-0.2, -0.15) is 4.31 Å². The van der Waals surface area contributed by atoms with Crippen molar-refractivity contribution in [2.24, 2.45) is 17.6 Å². The summed E-state index contributed by atoms with van der Waals surface area (Å²) >= 11 is 0. The second-order valence-electron chi connectivity index (χ2n) is 8.69. The molecule has 3 heterocycles. The Morgan fingerprint density at radius 2 is 1.82 bits per heavy atom. The van der Waals surface area contributed by atoms with Crippen molar-refractivity contribution in [3.63, 3.8) is 0 Å². The highest BCUT2D eigenvalue weighted by atomic mass is 32.2. The summed E-state index contributed by atoms with van der Waals surface area (Å²) in [4.78, 5) is 24.4. The summed E-state index contributed by atoms with van der Waals surface area (Å²) < 4.78 is 26.9. The van der Waals surface area contributed by atoms with Crippen molar-refractivity contribution in [1.82, 2.24) is 19.2 Å². The molecule has 2 aliphatic rings. The summed E-state index contributed by atoms with van der Waals surface area (Å²) in [5, 5.41) is 17.3. The number of carbonyl (C=O) groups is 1. The molecule has 11 nitrogen and oxygen atoms in total. The van der Waals surface area contributed by atoms with Gasteiger partial charge in [-0.25, -0.2) is 23.2 Å². The molecule has 2 aromatic rings. The van der Waals surface area contributed by atoms with E-state index in [2.05, 4.69) is 9.97 Å². The number of amides is 2. The van der Waals surface area contributed by atoms with Crippen molar-refractivity contribution in [1.29, 1.82) is 5.41 Å². The number of urea groups is 1. The molecule has 4 N–H and O–H groups in total. The predicted molar refractivity (Wildman–Crippen MR) is 126 cm³/mol. The molecule has 0 saturated carbocycles. The van der Waals surface area contributed by atoms with Crippen LogP contribution in [0, 0.1) is 17.2 Å². The molecular formula is C22H29N7O4S. The SMILES string of the molecule is N=C(N)c1cccc(N2CC(CO)CN(CC3CCN(S(=O)(=O)c4ncccn4)CC3)C2=O)c1. The van der Waals surface area contributed by atoms with E-state index < -0.39 is 10.0 Å². The molecule has 2 amide bonds. The molecule has 0 radical (unpaired) electrons. The topological polar surface area (TPSA) is 157 Å². The third-order valence-electron chi connectivity index (χ3n) is 6.31. The quantitative estimate of drug-likeness (QED) is 0.295. The number of benzene rings is 1. The molecule has 182 valence electrons. The first-order chi connectivity index (χ1) is 16.3. The second kappa shape index (κ2) is 10.0. The van der Waals surface area contributed by atoms with Gasteiger partial charge < -0.3 is 15.7 Å². The van der Waals surface area contributed by atoms with Gasteiger partial charge in [0.25, 0.3) is 15.2 Å². The maximum atomic E-state index is 13.3. The zero-order valence-electron chi connectivity index (χ0n) is 18.7. The summed E-state index contributed by atoms with van der Waals surface area (Å²) in [6, 6.07) is 8.35. The molecule has 0 aliphatic carbocycles. The first kappa shape index (κ1) is 24.0. The molecule has 34 heavy (non-hydrogen) atoms. The number of piperidine rings is 1. The zero-order valence-corrected chi connectivity index (χ0v) is 19.6. The Morgan fingerprint density at radius 3 is 2.47 bits per heavy atom. The molecule has 0 bridgehead atoms. The van der Waals surface area contributed by atoms with Gasteiger partial charge >= 0.3 is 6.03 Å². The van der Waals surface area contributed by atoms with Gasteiger partial charge in [0.15, 0.2) is 0 Å². The Morgan fingerprint density at radius 1 is 1.12 bits per heavy atom. The second-order valence-corrected chi connectivity index (χ2v) is 10.5.